The predicted molar refractivity (Wildman–Crippen MR) is 87.0 cm³/mol. The van der Waals surface area contributed by atoms with Gasteiger partial charge in [-0.15, -0.1) is 0 Å². The molecule has 1 aliphatic rings. The molecule has 1 saturated heterocycles. The summed E-state index contributed by atoms with van der Waals surface area (Å²) < 4.78 is 7.96. The monoisotopic (exact) mass is 287 g/mol. The Labute approximate surface area is 126 Å². The fourth-order valence-electron chi connectivity index (χ4n) is 3.19. The molecule has 1 aromatic carbocycles. The highest BCUT2D eigenvalue weighted by atomic mass is 16.5. The topological polar surface area (TPSA) is 29.4 Å². The van der Waals surface area contributed by atoms with Gasteiger partial charge in [-0.05, 0) is 31.5 Å². The summed E-state index contributed by atoms with van der Waals surface area (Å²) in [4.78, 5) is 2.52. The summed E-state index contributed by atoms with van der Waals surface area (Å²) in [7, 11) is 1.76. The summed E-state index contributed by atoms with van der Waals surface area (Å²) in [6, 6.07) is 6.79. The summed E-state index contributed by atoms with van der Waals surface area (Å²) >= 11 is 0. The number of benzene rings is 1. The number of rotatable bonds is 4. The summed E-state index contributed by atoms with van der Waals surface area (Å²) in [5.41, 5.74) is 2.65. The number of hydrogen-bond donors (Lipinski definition) is 1. The van der Waals surface area contributed by atoms with Crippen LogP contribution in [0.5, 0.6) is 5.75 Å². The highest BCUT2D eigenvalue weighted by Gasteiger charge is 2.17. The van der Waals surface area contributed by atoms with Crippen LogP contribution in [0.4, 0.5) is 0 Å². The van der Waals surface area contributed by atoms with Gasteiger partial charge in [-0.1, -0.05) is 6.07 Å². The number of hydrogen-bond acceptors (Lipinski definition) is 3. The lowest BCUT2D eigenvalue weighted by atomic mass is 10.1. The third-order valence-electron chi connectivity index (χ3n) is 4.28. The van der Waals surface area contributed by atoms with Gasteiger partial charge in [0.15, 0.2) is 0 Å². The van der Waals surface area contributed by atoms with E-state index in [-0.39, 0.29) is 0 Å². The quantitative estimate of drug-likeness (QED) is 0.937. The lowest BCUT2D eigenvalue weighted by Crippen LogP contribution is -2.42. The van der Waals surface area contributed by atoms with Crippen molar-refractivity contribution in [2.24, 2.45) is 0 Å². The van der Waals surface area contributed by atoms with E-state index in [1.807, 2.05) is 0 Å². The summed E-state index contributed by atoms with van der Waals surface area (Å²) in [5.74, 6) is 0.983. The molecule has 0 amide bonds. The van der Waals surface area contributed by atoms with E-state index >= 15 is 0 Å². The van der Waals surface area contributed by atoms with Crippen molar-refractivity contribution in [3.05, 3.63) is 30.0 Å². The first-order valence-electron chi connectivity index (χ1n) is 7.80. The zero-order valence-electron chi connectivity index (χ0n) is 13.2. The molecular formula is C17H25N3O. The number of nitrogens with one attached hydrogen (secondary N) is 1. The van der Waals surface area contributed by atoms with Gasteiger partial charge in [-0.3, -0.25) is 4.90 Å². The van der Waals surface area contributed by atoms with Crippen molar-refractivity contribution in [2.75, 3.05) is 33.3 Å². The van der Waals surface area contributed by atoms with E-state index in [1.54, 1.807) is 7.11 Å². The molecule has 114 valence electrons. The fourth-order valence-corrected chi connectivity index (χ4v) is 3.19. The van der Waals surface area contributed by atoms with Gasteiger partial charge < -0.3 is 14.6 Å². The highest BCUT2D eigenvalue weighted by molar-refractivity contribution is 5.90. The molecule has 0 saturated carbocycles. The molecule has 2 heterocycles. The van der Waals surface area contributed by atoms with Crippen molar-refractivity contribution in [1.82, 2.24) is 14.8 Å². The zero-order valence-corrected chi connectivity index (χ0v) is 13.2. The molecule has 1 N–H and O–H groups in total. The maximum atomic E-state index is 5.61. The first-order valence-corrected chi connectivity index (χ1v) is 7.80. The van der Waals surface area contributed by atoms with Crippen molar-refractivity contribution >= 4 is 10.9 Å². The number of piperazine rings is 1. The Balaban J connectivity index is 2.03. The molecule has 1 aliphatic heterocycles. The van der Waals surface area contributed by atoms with Gasteiger partial charge in [0.25, 0.3) is 0 Å². The molecule has 0 unspecified atom stereocenters. The molecule has 1 aromatic heterocycles. The number of methoxy groups -OCH3 is 1. The highest BCUT2D eigenvalue weighted by Crippen LogP contribution is 2.33. The molecule has 21 heavy (non-hydrogen) atoms. The standard InChI is InChI=1S/C17H25N3O/c1-13(2)20-12-14(11-19-9-7-18-8-10-19)17-15(20)5-4-6-16(17)21-3/h4-6,12-13,18H,7-11H2,1-3H3. The Morgan fingerprint density at radius 2 is 2.00 bits per heavy atom. The number of fused-ring (bicyclic) bond motifs is 1. The normalized spacial score (nSPS) is 16.8. The van der Waals surface area contributed by atoms with Gasteiger partial charge in [0.05, 0.1) is 12.6 Å². The van der Waals surface area contributed by atoms with Crippen LogP contribution in [0.15, 0.2) is 24.4 Å². The Morgan fingerprint density at radius 1 is 1.24 bits per heavy atom. The Kier molecular flexibility index (Phi) is 4.17. The van der Waals surface area contributed by atoms with Crippen molar-refractivity contribution in [1.29, 1.82) is 0 Å². The molecule has 0 bridgehead atoms. The lowest BCUT2D eigenvalue weighted by molar-refractivity contribution is 0.233. The van der Waals surface area contributed by atoms with Gasteiger partial charge in [0, 0.05) is 50.3 Å². The van der Waals surface area contributed by atoms with Crippen LogP contribution >= 0.6 is 0 Å². The second-order valence-corrected chi connectivity index (χ2v) is 6.04. The first-order chi connectivity index (χ1) is 10.2. The van der Waals surface area contributed by atoms with Crippen molar-refractivity contribution < 1.29 is 4.74 Å². The molecule has 0 aliphatic carbocycles. The van der Waals surface area contributed by atoms with Gasteiger partial charge >= 0.3 is 0 Å². The van der Waals surface area contributed by atoms with Crippen LogP contribution in [0.25, 0.3) is 10.9 Å². The van der Waals surface area contributed by atoms with Gasteiger partial charge in [-0.2, -0.15) is 0 Å². The summed E-state index contributed by atoms with van der Waals surface area (Å²) in [5, 5.41) is 4.68. The van der Waals surface area contributed by atoms with Crippen LogP contribution in [0.2, 0.25) is 0 Å². The fraction of sp³-hybridized carbons (Fsp3) is 0.529. The van der Waals surface area contributed by atoms with Crippen molar-refractivity contribution in [3.8, 4) is 5.75 Å². The zero-order chi connectivity index (χ0) is 14.8. The minimum absolute atomic E-state index is 0.455. The van der Waals surface area contributed by atoms with E-state index in [2.05, 4.69) is 53.0 Å². The molecule has 0 spiro atoms. The maximum absolute atomic E-state index is 5.61. The third-order valence-corrected chi connectivity index (χ3v) is 4.28. The van der Waals surface area contributed by atoms with Crippen LogP contribution in [-0.2, 0) is 6.54 Å². The second-order valence-electron chi connectivity index (χ2n) is 6.04. The van der Waals surface area contributed by atoms with Crippen molar-refractivity contribution in [2.45, 2.75) is 26.4 Å². The Bertz CT molecular complexity index is 612. The van der Waals surface area contributed by atoms with E-state index < -0.39 is 0 Å². The molecule has 4 nitrogen and oxygen atoms in total. The third kappa shape index (κ3) is 2.78. The predicted octanol–water partition coefficient (Wildman–Crippen LogP) is 2.64. The van der Waals surface area contributed by atoms with E-state index in [9.17, 15) is 0 Å². The minimum atomic E-state index is 0.455. The molecular weight excluding hydrogens is 262 g/mol. The van der Waals surface area contributed by atoms with Crippen LogP contribution in [0, 0.1) is 0 Å². The van der Waals surface area contributed by atoms with Gasteiger partial charge in [0.2, 0.25) is 0 Å². The summed E-state index contributed by atoms with van der Waals surface area (Å²) in [6.07, 6.45) is 2.31. The minimum Gasteiger partial charge on any atom is -0.496 e. The molecule has 4 heteroatoms. The largest absolute Gasteiger partial charge is 0.496 e. The average molecular weight is 287 g/mol. The summed E-state index contributed by atoms with van der Waals surface area (Å²) in [6.45, 7) is 9.85. The van der Waals surface area contributed by atoms with Gasteiger partial charge in [0.1, 0.15) is 5.75 Å². The smallest absolute Gasteiger partial charge is 0.128 e. The molecule has 0 radical (unpaired) electrons. The molecule has 3 rings (SSSR count). The van der Waals surface area contributed by atoms with E-state index in [0.29, 0.717) is 6.04 Å². The van der Waals surface area contributed by atoms with Crippen LogP contribution < -0.4 is 10.1 Å². The molecule has 1 fully saturated rings. The van der Waals surface area contributed by atoms with Crippen LogP contribution in [-0.4, -0.2) is 42.8 Å². The lowest BCUT2D eigenvalue weighted by Gasteiger charge is -2.27. The maximum Gasteiger partial charge on any atom is 0.128 e. The van der Waals surface area contributed by atoms with E-state index in [1.165, 1.54) is 16.5 Å². The average Bonchev–Trinajstić information content (AvgIpc) is 2.87. The SMILES string of the molecule is COc1cccc2c1c(CN1CCNCC1)cn2C(C)C. The Morgan fingerprint density at radius 3 is 2.67 bits per heavy atom. The second kappa shape index (κ2) is 6.08. The number of nitrogens with zero attached hydrogens (tertiary/aromatic N) is 2. The van der Waals surface area contributed by atoms with E-state index in [0.717, 1.165) is 38.5 Å². The van der Waals surface area contributed by atoms with Gasteiger partial charge in [-0.25, -0.2) is 0 Å². The first kappa shape index (κ1) is 14.4. The number of ether oxygens (including phenoxy) is 1. The van der Waals surface area contributed by atoms with Crippen molar-refractivity contribution in [3.63, 3.8) is 0 Å². The van der Waals surface area contributed by atoms with Crippen LogP contribution in [0.1, 0.15) is 25.5 Å². The van der Waals surface area contributed by atoms with E-state index in [4.69, 9.17) is 4.74 Å². The van der Waals surface area contributed by atoms with Crippen LogP contribution in [0.3, 0.4) is 0 Å². The molecule has 2 aromatic rings. The number of aromatic nitrogens is 1. The Hall–Kier alpha value is -1.52. The molecule has 0 atom stereocenters.